The fraction of sp³-hybridized carbons (Fsp3) is 0.800. The smallest absolute Gasteiger partial charge is 0.329 e. The van der Waals surface area contributed by atoms with Gasteiger partial charge in [-0.3, -0.25) is 0 Å². The summed E-state index contributed by atoms with van der Waals surface area (Å²) in [7, 11) is 0. The monoisotopic (exact) mass is 230 g/mol. The zero-order chi connectivity index (χ0) is 12.0. The van der Waals surface area contributed by atoms with Gasteiger partial charge in [-0.05, 0) is 6.42 Å². The van der Waals surface area contributed by atoms with Gasteiger partial charge < -0.3 is 20.5 Å². The molecule has 3 N–H and O–H groups in total. The van der Waals surface area contributed by atoms with E-state index in [1.165, 1.54) is 0 Å². The number of carboxylic acids is 1. The minimum atomic E-state index is -1.17. The summed E-state index contributed by atoms with van der Waals surface area (Å²) in [4.78, 5) is 22.6. The average Bonchev–Trinajstić information content (AvgIpc) is 2.27. The molecule has 0 radical (unpaired) electrons. The largest absolute Gasteiger partial charge is 0.480 e. The first-order valence-corrected chi connectivity index (χ1v) is 5.48. The van der Waals surface area contributed by atoms with Gasteiger partial charge in [0.25, 0.3) is 0 Å². The van der Waals surface area contributed by atoms with Crippen LogP contribution in [0, 0.1) is 0 Å². The van der Waals surface area contributed by atoms with Gasteiger partial charge in [0.2, 0.25) is 0 Å². The Balaban J connectivity index is 2.56. The van der Waals surface area contributed by atoms with E-state index >= 15 is 0 Å². The first-order chi connectivity index (χ1) is 7.60. The Morgan fingerprint density at radius 2 is 2.00 bits per heavy atom. The van der Waals surface area contributed by atoms with E-state index in [2.05, 4.69) is 10.6 Å². The van der Waals surface area contributed by atoms with Crippen LogP contribution in [0.1, 0.15) is 26.2 Å². The van der Waals surface area contributed by atoms with Crippen LogP contribution in [-0.4, -0.2) is 42.4 Å². The summed E-state index contributed by atoms with van der Waals surface area (Å²) in [5, 5.41) is 14.3. The molecule has 0 aromatic carbocycles. The maximum absolute atomic E-state index is 11.5. The first-order valence-electron chi connectivity index (χ1n) is 5.48. The Morgan fingerprint density at radius 3 is 2.50 bits per heavy atom. The third kappa shape index (κ3) is 3.10. The molecule has 0 aromatic heterocycles. The molecule has 1 aliphatic rings. The fourth-order valence-electron chi connectivity index (χ4n) is 1.61. The van der Waals surface area contributed by atoms with E-state index in [1.54, 1.807) is 0 Å². The van der Waals surface area contributed by atoms with E-state index in [0.717, 1.165) is 6.42 Å². The van der Waals surface area contributed by atoms with Crippen LogP contribution in [0.4, 0.5) is 4.79 Å². The van der Waals surface area contributed by atoms with E-state index in [1.807, 2.05) is 6.92 Å². The zero-order valence-corrected chi connectivity index (χ0v) is 9.41. The quantitative estimate of drug-likeness (QED) is 0.649. The van der Waals surface area contributed by atoms with Gasteiger partial charge in [0.1, 0.15) is 5.54 Å². The number of hydrogen-bond acceptors (Lipinski definition) is 3. The molecule has 1 rings (SSSR count). The minimum Gasteiger partial charge on any atom is -0.480 e. The number of urea groups is 1. The highest BCUT2D eigenvalue weighted by atomic mass is 16.5. The molecule has 0 aliphatic carbocycles. The van der Waals surface area contributed by atoms with Gasteiger partial charge in [-0.2, -0.15) is 0 Å². The van der Waals surface area contributed by atoms with Crippen LogP contribution in [0.3, 0.4) is 0 Å². The summed E-state index contributed by atoms with van der Waals surface area (Å²) in [6, 6.07) is -0.425. The van der Waals surface area contributed by atoms with E-state index in [4.69, 9.17) is 9.84 Å². The molecular formula is C10H18N2O4. The Morgan fingerprint density at radius 1 is 1.38 bits per heavy atom. The number of ether oxygens (including phenoxy) is 1. The molecule has 16 heavy (non-hydrogen) atoms. The number of nitrogens with one attached hydrogen (secondary N) is 2. The van der Waals surface area contributed by atoms with Crippen LogP contribution < -0.4 is 10.6 Å². The van der Waals surface area contributed by atoms with Gasteiger partial charge in [0.05, 0.1) is 0 Å². The Kier molecular flexibility index (Phi) is 4.54. The molecule has 0 spiro atoms. The highest BCUT2D eigenvalue weighted by Gasteiger charge is 2.41. The molecular weight excluding hydrogens is 212 g/mol. The third-order valence-electron chi connectivity index (χ3n) is 2.64. The summed E-state index contributed by atoms with van der Waals surface area (Å²) in [5.41, 5.74) is -1.17. The molecule has 6 heteroatoms. The topological polar surface area (TPSA) is 87.7 Å². The van der Waals surface area contributed by atoms with Crippen molar-refractivity contribution in [1.29, 1.82) is 0 Å². The second-order valence-corrected chi connectivity index (χ2v) is 3.88. The minimum absolute atomic E-state index is 0.307. The first kappa shape index (κ1) is 12.8. The van der Waals surface area contributed by atoms with Crippen LogP contribution in [0.15, 0.2) is 0 Å². The van der Waals surface area contributed by atoms with Crippen LogP contribution in [0.2, 0.25) is 0 Å². The summed E-state index contributed by atoms with van der Waals surface area (Å²) in [6.45, 7) is 3.19. The molecule has 2 amide bonds. The highest BCUT2D eigenvalue weighted by Crippen LogP contribution is 2.20. The van der Waals surface area contributed by atoms with Gasteiger partial charge >= 0.3 is 12.0 Å². The lowest BCUT2D eigenvalue weighted by atomic mass is 9.90. The second kappa shape index (κ2) is 5.69. The number of carbonyl (C=O) groups excluding carboxylic acids is 1. The predicted octanol–water partition coefficient (Wildman–Crippen LogP) is 0.329. The van der Waals surface area contributed by atoms with Crippen LogP contribution in [0.5, 0.6) is 0 Å². The van der Waals surface area contributed by atoms with Gasteiger partial charge in [-0.15, -0.1) is 0 Å². The van der Waals surface area contributed by atoms with E-state index < -0.39 is 17.5 Å². The van der Waals surface area contributed by atoms with Crippen LogP contribution in [0.25, 0.3) is 0 Å². The van der Waals surface area contributed by atoms with Gasteiger partial charge in [0, 0.05) is 32.6 Å². The SMILES string of the molecule is CCCNC(=O)NC1(C(=O)O)CCOCC1. The molecule has 0 unspecified atom stereocenters. The summed E-state index contributed by atoms with van der Waals surface area (Å²) >= 11 is 0. The maximum atomic E-state index is 11.5. The van der Waals surface area contributed by atoms with E-state index in [9.17, 15) is 9.59 Å². The van der Waals surface area contributed by atoms with Crippen molar-refractivity contribution in [2.45, 2.75) is 31.7 Å². The lowest BCUT2D eigenvalue weighted by Gasteiger charge is -2.33. The molecule has 1 aliphatic heterocycles. The predicted molar refractivity (Wildman–Crippen MR) is 57.2 cm³/mol. The van der Waals surface area contributed by atoms with Crippen LogP contribution >= 0.6 is 0 Å². The number of rotatable bonds is 4. The zero-order valence-electron chi connectivity index (χ0n) is 9.41. The summed E-state index contributed by atoms with van der Waals surface area (Å²) < 4.78 is 5.10. The number of hydrogen-bond donors (Lipinski definition) is 3. The van der Waals surface area contributed by atoms with Crippen molar-refractivity contribution >= 4 is 12.0 Å². The maximum Gasteiger partial charge on any atom is 0.329 e. The third-order valence-corrected chi connectivity index (χ3v) is 2.64. The summed E-state index contributed by atoms with van der Waals surface area (Å²) in [6.07, 6.45) is 1.43. The normalized spacial score (nSPS) is 18.8. The molecule has 0 atom stereocenters. The number of amides is 2. The van der Waals surface area contributed by atoms with E-state index in [-0.39, 0.29) is 0 Å². The summed E-state index contributed by atoms with van der Waals surface area (Å²) in [5.74, 6) is -0.998. The molecule has 6 nitrogen and oxygen atoms in total. The lowest BCUT2D eigenvalue weighted by Crippen LogP contribution is -2.59. The van der Waals surface area contributed by atoms with Gasteiger partial charge in [0.15, 0.2) is 0 Å². The average molecular weight is 230 g/mol. The molecule has 1 heterocycles. The Hall–Kier alpha value is -1.30. The number of carboxylic acid groups (broad SMARTS) is 1. The Labute approximate surface area is 94.3 Å². The second-order valence-electron chi connectivity index (χ2n) is 3.88. The van der Waals surface area contributed by atoms with Crippen molar-refractivity contribution in [3.8, 4) is 0 Å². The molecule has 1 fully saturated rings. The lowest BCUT2D eigenvalue weighted by molar-refractivity contribution is -0.148. The van der Waals surface area contributed by atoms with E-state index in [0.29, 0.717) is 32.6 Å². The van der Waals surface area contributed by atoms with Gasteiger partial charge in [-0.25, -0.2) is 9.59 Å². The van der Waals surface area contributed by atoms with Crippen molar-refractivity contribution < 1.29 is 19.4 Å². The number of carbonyl (C=O) groups is 2. The van der Waals surface area contributed by atoms with Crippen molar-refractivity contribution in [2.24, 2.45) is 0 Å². The molecule has 0 aromatic rings. The van der Waals surface area contributed by atoms with Crippen molar-refractivity contribution in [1.82, 2.24) is 10.6 Å². The van der Waals surface area contributed by atoms with Crippen molar-refractivity contribution in [3.63, 3.8) is 0 Å². The number of aliphatic carboxylic acids is 1. The highest BCUT2D eigenvalue weighted by molar-refractivity contribution is 5.86. The molecule has 0 bridgehead atoms. The van der Waals surface area contributed by atoms with Crippen molar-refractivity contribution in [3.05, 3.63) is 0 Å². The molecule has 92 valence electrons. The van der Waals surface area contributed by atoms with Crippen molar-refractivity contribution in [2.75, 3.05) is 19.8 Å². The van der Waals surface area contributed by atoms with Crippen LogP contribution in [-0.2, 0) is 9.53 Å². The standard InChI is InChI=1S/C10H18N2O4/c1-2-5-11-9(15)12-10(8(13)14)3-6-16-7-4-10/h2-7H2,1H3,(H,13,14)(H2,11,12,15). The Bertz CT molecular complexity index is 262. The van der Waals surface area contributed by atoms with Gasteiger partial charge in [-0.1, -0.05) is 6.92 Å². The molecule has 1 saturated heterocycles. The fourth-order valence-corrected chi connectivity index (χ4v) is 1.61. The molecule has 0 saturated carbocycles.